The van der Waals surface area contributed by atoms with Crippen LogP contribution in [0.25, 0.3) is 0 Å². The van der Waals surface area contributed by atoms with Crippen molar-refractivity contribution in [1.29, 1.82) is 0 Å². The van der Waals surface area contributed by atoms with E-state index in [4.69, 9.17) is 0 Å². The minimum Gasteiger partial charge on any atom is -0.391 e. The van der Waals surface area contributed by atoms with Crippen LogP contribution in [-0.4, -0.2) is 27.3 Å². The van der Waals surface area contributed by atoms with Gasteiger partial charge in [0.25, 0.3) is 0 Å². The van der Waals surface area contributed by atoms with Crippen LogP contribution in [0.4, 0.5) is 0 Å². The van der Waals surface area contributed by atoms with Gasteiger partial charge in [0.15, 0.2) is 0 Å². The maximum Gasteiger partial charge on any atom is 0.128 e. The van der Waals surface area contributed by atoms with Crippen LogP contribution >= 0.6 is 0 Å². The molecule has 1 aromatic rings. The maximum atomic E-state index is 10.0. The van der Waals surface area contributed by atoms with Crippen LogP contribution in [0, 0.1) is 0 Å². The Hall–Kier alpha value is -0.870. The molecular formula is C12H19N3O. The highest BCUT2D eigenvalue weighted by Crippen LogP contribution is 2.26. The highest BCUT2D eigenvalue weighted by Gasteiger charge is 2.29. The van der Waals surface area contributed by atoms with Gasteiger partial charge < -0.3 is 15.0 Å². The quantitative estimate of drug-likeness (QED) is 0.744. The third-order valence-corrected chi connectivity index (χ3v) is 3.74. The van der Waals surface area contributed by atoms with Gasteiger partial charge >= 0.3 is 0 Å². The number of fused-ring (bicyclic) bond motifs is 1. The lowest BCUT2D eigenvalue weighted by Gasteiger charge is -2.30. The van der Waals surface area contributed by atoms with Crippen molar-refractivity contribution in [3.05, 3.63) is 17.7 Å². The summed E-state index contributed by atoms with van der Waals surface area (Å²) in [6.07, 6.45) is 7.30. The summed E-state index contributed by atoms with van der Waals surface area (Å²) in [5.41, 5.74) is 1.33. The first-order valence-electron chi connectivity index (χ1n) is 6.32. The molecule has 3 rings (SSSR count). The second-order valence-corrected chi connectivity index (χ2v) is 4.86. The standard InChI is InChI=1S/C12H19N3O/c16-10-5-3-6-13-11(10)12-14-8-9-4-1-2-7-15(9)12/h8,10-11,13,16H,1-7H2. The fraction of sp³-hybridized carbons (Fsp3) is 0.750. The predicted molar refractivity (Wildman–Crippen MR) is 61.1 cm³/mol. The molecule has 0 saturated carbocycles. The van der Waals surface area contributed by atoms with E-state index in [1.54, 1.807) is 0 Å². The third kappa shape index (κ3) is 1.66. The molecule has 2 N–H and O–H groups in total. The van der Waals surface area contributed by atoms with Crippen LogP contribution in [-0.2, 0) is 13.0 Å². The number of imidazole rings is 1. The van der Waals surface area contributed by atoms with Gasteiger partial charge in [-0.3, -0.25) is 0 Å². The van der Waals surface area contributed by atoms with Crippen molar-refractivity contribution < 1.29 is 5.11 Å². The molecule has 1 saturated heterocycles. The maximum absolute atomic E-state index is 10.0. The highest BCUT2D eigenvalue weighted by atomic mass is 16.3. The molecule has 2 atom stereocenters. The van der Waals surface area contributed by atoms with Crippen molar-refractivity contribution >= 4 is 0 Å². The molecule has 16 heavy (non-hydrogen) atoms. The average molecular weight is 221 g/mol. The second kappa shape index (κ2) is 4.18. The van der Waals surface area contributed by atoms with Gasteiger partial charge in [-0.05, 0) is 38.6 Å². The molecule has 1 fully saturated rings. The summed E-state index contributed by atoms with van der Waals surface area (Å²) in [4.78, 5) is 4.51. The second-order valence-electron chi connectivity index (χ2n) is 4.86. The van der Waals surface area contributed by atoms with Gasteiger partial charge in [-0.2, -0.15) is 0 Å². The van der Waals surface area contributed by atoms with E-state index in [-0.39, 0.29) is 12.1 Å². The summed E-state index contributed by atoms with van der Waals surface area (Å²) in [6.45, 7) is 2.06. The minimum atomic E-state index is -0.276. The lowest BCUT2D eigenvalue weighted by atomic mass is 10.0. The number of nitrogens with one attached hydrogen (secondary N) is 1. The van der Waals surface area contributed by atoms with E-state index in [1.807, 2.05) is 6.20 Å². The Balaban J connectivity index is 1.90. The van der Waals surface area contributed by atoms with Gasteiger partial charge in [0.2, 0.25) is 0 Å². The van der Waals surface area contributed by atoms with Crippen molar-refractivity contribution in [3.63, 3.8) is 0 Å². The summed E-state index contributed by atoms with van der Waals surface area (Å²) in [5, 5.41) is 13.4. The molecule has 0 bridgehead atoms. The summed E-state index contributed by atoms with van der Waals surface area (Å²) < 4.78 is 2.30. The SMILES string of the molecule is OC1CCCNC1c1ncc2n1CCCC2. The average Bonchev–Trinajstić information content (AvgIpc) is 2.74. The molecule has 2 unspecified atom stereocenters. The molecule has 4 heteroatoms. The van der Waals surface area contributed by atoms with E-state index in [0.29, 0.717) is 0 Å². The Kier molecular flexibility index (Phi) is 2.69. The van der Waals surface area contributed by atoms with Crippen LogP contribution in [0.5, 0.6) is 0 Å². The molecule has 0 radical (unpaired) electrons. The highest BCUT2D eigenvalue weighted by molar-refractivity contribution is 5.12. The Morgan fingerprint density at radius 2 is 2.31 bits per heavy atom. The Labute approximate surface area is 95.7 Å². The Morgan fingerprint density at radius 3 is 3.19 bits per heavy atom. The molecule has 3 heterocycles. The van der Waals surface area contributed by atoms with E-state index < -0.39 is 0 Å². The number of hydrogen-bond acceptors (Lipinski definition) is 3. The van der Waals surface area contributed by atoms with Gasteiger partial charge in [-0.15, -0.1) is 0 Å². The topological polar surface area (TPSA) is 50.1 Å². The van der Waals surface area contributed by atoms with Crippen LogP contribution < -0.4 is 5.32 Å². The first-order chi connectivity index (χ1) is 7.86. The first kappa shape index (κ1) is 10.3. The van der Waals surface area contributed by atoms with E-state index in [2.05, 4.69) is 14.9 Å². The molecular weight excluding hydrogens is 202 g/mol. The lowest BCUT2D eigenvalue weighted by molar-refractivity contribution is 0.0907. The molecule has 0 amide bonds. The number of aliphatic hydroxyl groups is 1. The smallest absolute Gasteiger partial charge is 0.128 e. The Bertz CT molecular complexity index is 374. The number of nitrogens with zero attached hydrogens (tertiary/aromatic N) is 2. The predicted octanol–water partition coefficient (Wildman–Crippen LogP) is 1.00. The van der Waals surface area contributed by atoms with Gasteiger partial charge in [-0.25, -0.2) is 4.98 Å². The van der Waals surface area contributed by atoms with Crippen LogP contribution in [0.2, 0.25) is 0 Å². The van der Waals surface area contributed by atoms with E-state index in [1.165, 1.54) is 18.5 Å². The molecule has 4 nitrogen and oxygen atoms in total. The zero-order valence-corrected chi connectivity index (χ0v) is 9.52. The first-order valence-corrected chi connectivity index (χ1v) is 6.32. The normalized spacial score (nSPS) is 30.1. The summed E-state index contributed by atoms with van der Waals surface area (Å²) >= 11 is 0. The molecule has 1 aromatic heterocycles. The molecule has 2 aliphatic heterocycles. The van der Waals surface area contributed by atoms with Gasteiger partial charge in [0.05, 0.1) is 12.1 Å². The van der Waals surface area contributed by atoms with Crippen molar-refractivity contribution in [1.82, 2.24) is 14.9 Å². The zero-order valence-electron chi connectivity index (χ0n) is 9.52. The summed E-state index contributed by atoms with van der Waals surface area (Å²) in [5.74, 6) is 1.04. The monoisotopic (exact) mass is 221 g/mol. The minimum absolute atomic E-state index is 0.0422. The van der Waals surface area contributed by atoms with E-state index in [0.717, 1.165) is 38.2 Å². The largest absolute Gasteiger partial charge is 0.391 e. The number of aromatic nitrogens is 2. The number of aliphatic hydroxyl groups excluding tert-OH is 1. The number of aryl methyl sites for hydroxylation is 1. The number of hydrogen-bond donors (Lipinski definition) is 2. The molecule has 88 valence electrons. The van der Waals surface area contributed by atoms with Crippen molar-refractivity contribution in [2.24, 2.45) is 0 Å². The van der Waals surface area contributed by atoms with Crippen molar-refractivity contribution in [2.75, 3.05) is 6.54 Å². The van der Waals surface area contributed by atoms with Crippen LogP contribution in [0.15, 0.2) is 6.20 Å². The van der Waals surface area contributed by atoms with Gasteiger partial charge in [0.1, 0.15) is 5.82 Å². The summed E-state index contributed by atoms with van der Waals surface area (Å²) in [6, 6.07) is 0.0422. The lowest BCUT2D eigenvalue weighted by Crippen LogP contribution is -2.39. The van der Waals surface area contributed by atoms with Crippen LogP contribution in [0.1, 0.15) is 43.2 Å². The molecule has 0 aliphatic carbocycles. The van der Waals surface area contributed by atoms with Crippen molar-refractivity contribution in [2.45, 2.75) is 50.8 Å². The van der Waals surface area contributed by atoms with Crippen LogP contribution in [0.3, 0.4) is 0 Å². The molecule has 0 aromatic carbocycles. The number of piperidine rings is 1. The fourth-order valence-corrected chi connectivity index (χ4v) is 2.84. The zero-order chi connectivity index (χ0) is 11.0. The van der Waals surface area contributed by atoms with Crippen molar-refractivity contribution in [3.8, 4) is 0 Å². The van der Waals surface area contributed by atoms with E-state index >= 15 is 0 Å². The Morgan fingerprint density at radius 1 is 1.38 bits per heavy atom. The fourth-order valence-electron chi connectivity index (χ4n) is 2.84. The van der Waals surface area contributed by atoms with Gasteiger partial charge in [-0.1, -0.05) is 0 Å². The van der Waals surface area contributed by atoms with E-state index in [9.17, 15) is 5.11 Å². The third-order valence-electron chi connectivity index (χ3n) is 3.74. The number of rotatable bonds is 1. The summed E-state index contributed by atoms with van der Waals surface area (Å²) in [7, 11) is 0. The molecule has 0 spiro atoms. The molecule has 2 aliphatic rings. The van der Waals surface area contributed by atoms with Gasteiger partial charge in [0, 0.05) is 18.4 Å².